The molecule has 5 nitrogen and oxygen atoms in total. The first-order chi connectivity index (χ1) is 13.7. The number of carbonyl (C=O) groups is 1. The Morgan fingerprint density at radius 1 is 1.32 bits per heavy atom. The molecule has 0 aliphatic carbocycles. The molecule has 1 unspecified atom stereocenters. The smallest absolute Gasteiger partial charge is 0.275 e. The number of quaternary nitrogens is 1. The van der Waals surface area contributed by atoms with Gasteiger partial charge >= 0.3 is 0 Å². The Hall–Kier alpha value is -2.15. The zero-order valence-corrected chi connectivity index (χ0v) is 17.0. The van der Waals surface area contributed by atoms with Crippen LogP contribution >= 0.6 is 11.3 Å². The zero-order valence-electron chi connectivity index (χ0n) is 16.1. The molecule has 148 valence electrons. The number of hydrogen-bond acceptors (Lipinski definition) is 4. The van der Waals surface area contributed by atoms with E-state index in [0.717, 1.165) is 49.3 Å². The number of benzene rings is 1. The van der Waals surface area contributed by atoms with Crippen molar-refractivity contribution in [1.29, 1.82) is 0 Å². The summed E-state index contributed by atoms with van der Waals surface area (Å²) in [5, 5.41) is 6.24. The summed E-state index contributed by atoms with van der Waals surface area (Å²) >= 11 is 1.74. The fourth-order valence-corrected chi connectivity index (χ4v) is 4.58. The van der Waals surface area contributed by atoms with E-state index in [1.807, 2.05) is 37.3 Å². The number of fused-ring (bicyclic) bond motifs is 1. The number of ether oxygens (including phenoxy) is 1. The second-order valence-corrected chi connectivity index (χ2v) is 8.53. The maximum atomic E-state index is 12.7. The largest absolute Gasteiger partial charge is 0.459 e. The lowest BCUT2D eigenvalue weighted by molar-refractivity contribution is -0.908. The van der Waals surface area contributed by atoms with Gasteiger partial charge in [-0.15, -0.1) is 11.3 Å². The quantitative estimate of drug-likeness (QED) is 0.612. The van der Waals surface area contributed by atoms with E-state index in [-0.39, 0.29) is 18.1 Å². The number of hydrogen-bond donors (Lipinski definition) is 2. The van der Waals surface area contributed by atoms with Crippen molar-refractivity contribution in [3.8, 4) is 0 Å². The Morgan fingerprint density at radius 3 is 2.96 bits per heavy atom. The Kier molecular flexibility index (Phi) is 6.10. The van der Waals surface area contributed by atoms with Gasteiger partial charge in [-0.3, -0.25) is 4.79 Å². The van der Waals surface area contributed by atoms with Gasteiger partial charge in [-0.2, -0.15) is 0 Å². The van der Waals surface area contributed by atoms with E-state index in [0.29, 0.717) is 6.54 Å². The number of thiophene rings is 1. The molecule has 4 rings (SSSR count). The van der Waals surface area contributed by atoms with Gasteiger partial charge < -0.3 is 19.4 Å². The van der Waals surface area contributed by atoms with Crippen LogP contribution in [0.5, 0.6) is 0 Å². The molecule has 1 aliphatic heterocycles. The van der Waals surface area contributed by atoms with Crippen LogP contribution in [0, 0.1) is 0 Å². The van der Waals surface area contributed by atoms with Crippen molar-refractivity contribution >= 4 is 28.2 Å². The highest BCUT2D eigenvalue weighted by atomic mass is 32.1. The van der Waals surface area contributed by atoms with Crippen molar-refractivity contribution in [2.45, 2.75) is 38.5 Å². The molecule has 28 heavy (non-hydrogen) atoms. The molecule has 0 spiro atoms. The first-order valence-corrected chi connectivity index (χ1v) is 10.8. The zero-order chi connectivity index (χ0) is 19.3. The summed E-state index contributed by atoms with van der Waals surface area (Å²) in [6.07, 6.45) is 2.47. The maximum absolute atomic E-state index is 12.7. The summed E-state index contributed by atoms with van der Waals surface area (Å²) in [4.78, 5) is 15.3. The molecule has 3 atom stereocenters. The van der Waals surface area contributed by atoms with Crippen LogP contribution in [0.1, 0.15) is 36.4 Å². The minimum atomic E-state index is -0.161. The molecule has 3 heterocycles. The van der Waals surface area contributed by atoms with Crippen LogP contribution in [0.15, 0.2) is 52.3 Å². The van der Waals surface area contributed by atoms with E-state index in [2.05, 4.69) is 22.8 Å². The van der Waals surface area contributed by atoms with E-state index in [4.69, 9.17) is 9.15 Å². The van der Waals surface area contributed by atoms with Crippen LogP contribution in [0.25, 0.3) is 11.0 Å². The fourth-order valence-electron chi connectivity index (χ4n) is 3.80. The van der Waals surface area contributed by atoms with Crippen molar-refractivity contribution < 1.29 is 18.8 Å². The summed E-state index contributed by atoms with van der Waals surface area (Å²) in [7, 11) is 0. The summed E-state index contributed by atoms with van der Waals surface area (Å²) in [5.41, 5.74) is 0.849. The van der Waals surface area contributed by atoms with Gasteiger partial charge in [-0.1, -0.05) is 24.3 Å². The number of rotatable bonds is 8. The molecule has 3 aromatic rings. The number of amides is 1. The molecule has 0 saturated carbocycles. The molecule has 6 heteroatoms. The van der Waals surface area contributed by atoms with E-state index in [9.17, 15) is 4.79 Å². The lowest BCUT2D eigenvalue weighted by Crippen LogP contribution is -3.13. The topological polar surface area (TPSA) is 55.9 Å². The van der Waals surface area contributed by atoms with Crippen molar-refractivity contribution in [2.75, 3.05) is 19.7 Å². The molecule has 0 radical (unpaired) electrons. The second kappa shape index (κ2) is 8.90. The van der Waals surface area contributed by atoms with E-state index < -0.39 is 0 Å². The molecular weight excluding hydrogens is 372 g/mol. The van der Waals surface area contributed by atoms with Crippen molar-refractivity contribution in [2.24, 2.45) is 0 Å². The van der Waals surface area contributed by atoms with Crippen LogP contribution in [-0.2, 0) is 16.1 Å². The molecule has 2 N–H and O–H groups in total. The summed E-state index contributed by atoms with van der Waals surface area (Å²) in [5.74, 6) is 0.825. The highest BCUT2D eigenvalue weighted by Crippen LogP contribution is 2.23. The van der Waals surface area contributed by atoms with Crippen molar-refractivity contribution in [1.82, 2.24) is 5.32 Å². The fraction of sp³-hybridized carbons (Fsp3) is 0.409. The highest BCUT2D eigenvalue weighted by Gasteiger charge is 2.25. The summed E-state index contributed by atoms with van der Waals surface area (Å²) in [6, 6.07) is 13.9. The van der Waals surface area contributed by atoms with Crippen molar-refractivity contribution in [3.63, 3.8) is 0 Å². The predicted molar refractivity (Wildman–Crippen MR) is 110 cm³/mol. The van der Waals surface area contributed by atoms with Crippen LogP contribution < -0.4 is 10.2 Å². The van der Waals surface area contributed by atoms with E-state index in [1.54, 1.807) is 11.3 Å². The molecule has 1 fully saturated rings. The standard InChI is InChI=1S/C22H26N2O3S/c1-16(21-12-17-6-2-3-9-20(17)27-21)23-22(25)15-24(13-18-7-4-10-26-18)14-19-8-5-11-28-19/h2-3,5-6,8-9,11-12,16,18H,4,7,10,13-15H2,1H3,(H,23,25)/p+1/t16-,18+/m1/s1. The number of furan rings is 1. The average Bonchev–Trinajstić information content (AvgIpc) is 3.43. The maximum Gasteiger partial charge on any atom is 0.275 e. The average molecular weight is 400 g/mol. The van der Waals surface area contributed by atoms with Gasteiger partial charge in [0.2, 0.25) is 0 Å². The van der Waals surface area contributed by atoms with Gasteiger partial charge in [0, 0.05) is 12.0 Å². The summed E-state index contributed by atoms with van der Waals surface area (Å²) < 4.78 is 11.7. The monoisotopic (exact) mass is 399 g/mol. The van der Waals surface area contributed by atoms with Crippen LogP contribution in [0.4, 0.5) is 0 Å². The Bertz CT molecular complexity index is 867. The first kappa shape index (κ1) is 19.2. The van der Waals surface area contributed by atoms with Gasteiger partial charge in [0.1, 0.15) is 30.5 Å². The lowest BCUT2D eigenvalue weighted by atomic mass is 10.2. The van der Waals surface area contributed by atoms with Gasteiger partial charge in [0.15, 0.2) is 6.54 Å². The molecule has 1 aliphatic rings. The van der Waals surface area contributed by atoms with Crippen LogP contribution in [-0.4, -0.2) is 31.7 Å². The van der Waals surface area contributed by atoms with Crippen LogP contribution in [0.2, 0.25) is 0 Å². The molecule has 1 amide bonds. The van der Waals surface area contributed by atoms with E-state index in [1.165, 1.54) is 9.78 Å². The predicted octanol–water partition coefficient (Wildman–Crippen LogP) is 2.94. The third-order valence-electron chi connectivity index (χ3n) is 5.20. The minimum Gasteiger partial charge on any atom is -0.459 e. The van der Waals surface area contributed by atoms with Crippen molar-refractivity contribution in [3.05, 3.63) is 58.5 Å². The lowest BCUT2D eigenvalue weighted by Gasteiger charge is -2.22. The Morgan fingerprint density at radius 2 is 2.21 bits per heavy atom. The molecule has 0 bridgehead atoms. The highest BCUT2D eigenvalue weighted by molar-refractivity contribution is 7.09. The Labute approximate surface area is 169 Å². The van der Waals surface area contributed by atoms with Gasteiger partial charge in [-0.05, 0) is 43.3 Å². The second-order valence-electron chi connectivity index (χ2n) is 7.50. The molecular formula is C22H27N2O3S+. The molecule has 1 aromatic carbocycles. The third kappa shape index (κ3) is 4.82. The first-order valence-electron chi connectivity index (χ1n) is 9.93. The number of carbonyl (C=O) groups excluding carboxylic acids is 1. The third-order valence-corrected chi connectivity index (χ3v) is 6.08. The number of para-hydroxylation sites is 1. The molecule has 2 aromatic heterocycles. The summed E-state index contributed by atoms with van der Waals surface area (Å²) in [6.45, 7) is 4.96. The van der Waals surface area contributed by atoms with Crippen LogP contribution in [0.3, 0.4) is 0 Å². The molecule has 1 saturated heterocycles. The van der Waals surface area contributed by atoms with Gasteiger partial charge in [0.05, 0.1) is 10.9 Å². The SMILES string of the molecule is C[C@@H](NC(=O)C[NH+](Cc1cccs1)C[C@@H]1CCCO1)c1cc2ccccc2o1. The Balaban J connectivity index is 1.38. The van der Waals surface area contributed by atoms with E-state index >= 15 is 0 Å². The normalized spacial score (nSPS) is 19.0. The van der Waals surface area contributed by atoms with Gasteiger partial charge in [0.25, 0.3) is 5.91 Å². The van der Waals surface area contributed by atoms with Gasteiger partial charge in [-0.25, -0.2) is 0 Å². The number of nitrogens with one attached hydrogen (secondary N) is 2. The minimum absolute atomic E-state index is 0.0394.